The third-order valence-electron chi connectivity index (χ3n) is 12.4. The standard InChI is InChI=1S/C57H76BN2S/c1-18-24-44(21-4)48(26-20-3)43(11)59-36-31-46(25-19-2)60(35-23-27-45(22-5)55(12,13)32-30-40(6)7)53-49-37-50-51(57(16,17)34-33-56(50,14)15)38-52(49)61-54(53)58-39-47(59)29-28-42(10)41(8)9/h18-29,31,36-41H,2-3,10-11,30,32-35H2,1,4-9,12-17H3/b24-18-,27-23-,29-28-,36-31+,44-21+,45-22+,46-25+,47-39-,48-26+/i1D,4D,18D,21D,24D. The fourth-order valence-electron chi connectivity index (χ4n) is 8.14. The minimum Gasteiger partial charge on any atom is -0.337 e. The highest BCUT2D eigenvalue weighted by atomic mass is 32.1. The number of anilines is 1. The zero-order chi connectivity index (χ0) is 49.3. The average molecular weight is 837 g/mol. The summed E-state index contributed by atoms with van der Waals surface area (Å²) in [6, 6.07) is 4.23. The molecular weight excluding hydrogens is 756 g/mol. The van der Waals surface area contributed by atoms with Gasteiger partial charge in [0, 0.05) is 48.2 Å². The molecule has 2 heterocycles. The Morgan fingerprint density at radius 3 is 2.33 bits per heavy atom. The van der Waals surface area contributed by atoms with Gasteiger partial charge in [0.2, 0.25) is 7.28 Å². The average Bonchev–Trinajstić information content (AvgIpc) is 3.63. The third kappa shape index (κ3) is 11.7. The van der Waals surface area contributed by atoms with Crippen LogP contribution in [0.15, 0.2) is 169 Å². The summed E-state index contributed by atoms with van der Waals surface area (Å²) >= 11 is 1.79. The van der Waals surface area contributed by atoms with Crippen molar-refractivity contribution in [3.05, 3.63) is 180 Å². The van der Waals surface area contributed by atoms with Crippen LogP contribution in [0.1, 0.15) is 134 Å². The Morgan fingerprint density at radius 2 is 1.72 bits per heavy atom. The molecule has 1 radical (unpaired) electrons. The van der Waals surface area contributed by atoms with Gasteiger partial charge in [0.25, 0.3) is 0 Å². The molecule has 1 aromatic carbocycles. The van der Waals surface area contributed by atoms with Crippen LogP contribution in [0.25, 0.3) is 10.1 Å². The Bertz CT molecular complexity index is 2460. The zero-order valence-corrected chi connectivity index (χ0v) is 40.2. The van der Waals surface area contributed by atoms with Gasteiger partial charge >= 0.3 is 0 Å². The van der Waals surface area contributed by atoms with Crippen molar-refractivity contribution < 1.29 is 6.85 Å². The van der Waals surface area contributed by atoms with E-state index in [1.54, 1.807) is 23.5 Å². The minimum absolute atomic E-state index is 0.00111. The number of thiophene rings is 1. The molecule has 0 spiro atoms. The normalized spacial score (nSPS) is 21.4. The summed E-state index contributed by atoms with van der Waals surface area (Å²) in [4.78, 5) is 4.31. The summed E-state index contributed by atoms with van der Waals surface area (Å²) < 4.78 is 44.7. The Morgan fingerprint density at radius 1 is 1.02 bits per heavy atom. The maximum atomic E-state index is 8.99. The third-order valence-corrected chi connectivity index (χ3v) is 13.5. The fourth-order valence-corrected chi connectivity index (χ4v) is 9.27. The number of allylic oxidation sites excluding steroid dienone is 15. The molecule has 0 unspecified atom stereocenters. The number of nitrogens with zero attached hydrogens (tertiary/aromatic N) is 2. The van der Waals surface area contributed by atoms with E-state index >= 15 is 0 Å². The van der Waals surface area contributed by atoms with E-state index in [0.29, 0.717) is 23.7 Å². The van der Waals surface area contributed by atoms with Gasteiger partial charge in [-0.05, 0) is 125 Å². The first-order valence-electron chi connectivity index (χ1n) is 24.8. The molecular formula is C57H76BN2S. The highest BCUT2D eigenvalue weighted by Gasteiger charge is 2.38. The van der Waals surface area contributed by atoms with Gasteiger partial charge in [-0.2, -0.15) is 0 Å². The summed E-state index contributed by atoms with van der Waals surface area (Å²) in [7, 11) is 2.19. The van der Waals surface area contributed by atoms with Crippen LogP contribution < -0.4 is 9.68 Å². The van der Waals surface area contributed by atoms with E-state index in [1.807, 2.05) is 35.4 Å². The van der Waals surface area contributed by atoms with E-state index < -0.39 is 13.8 Å². The van der Waals surface area contributed by atoms with Crippen LogP contribution >= 0.6 is 11.3 Å². The molecule has 2 aliphatic rings. The molecule has 0 N–H and O–H groups in total. The molecule has 61 heavy (non-hydrogen) atoms. The second kappa shape index (κ2) is 21.0. The summed E-state index contributed by atoms with van der Waals surface area (Å²) in [5, 5.41) is 1.20. The Kier molecular flexibility index (Phi) is 14.4. The molecule has 4 rings (SSSR count). The first-order chi connectivity index (χ1) is 31.0. The molecule has 0 fully saturated rings. The molecule has 2 aromatic rings. The fraction of sp³-hybridized carbons (Fsp3) is 0.404. The van der Waals surface area contributed by atoms with Crippen LogP contribution in [0.5, 0.6) is 0 Å². The Balaban J connectivity index is 2.13. The summed E-state index contributed by atoms with van der Waals surface area (Å²) in [6.07, 6.45) is 26.4. The lowest BCUT2D eigenvalue weighted by atomic mass is 9.63. The predicted molar refractivity (Wildman–Crippen MR) is 277 cm³/mol. The minimum atomic E-state index is -0.439. The van der Waals surface area contributed by atoms with Gasteiger partial charge in [-0.25, -0.2) is 0 Å². The van der Waals surface area contributed by atoms with Gasteiger partial charge in [-0.15, -0.1) is 11.3 Å². The molecule has 0 saturated heterocycles. The number of benzene rings is 1. The van der Waals surface area contributed by atoms with Crippen molar-refractivity contribution in [1.29, 1.82) is 0 Å². The summed E-state index contributed by atoms with van der Waals surface area (Å²) in [5.41, 5.74) is 8.68. The molecule has 0 amide bonds. The molecule has 0 saturated carbocycles. The molecule has 4 heteroatoms. The smallest absolute Gasteiger partial charge is 0.200 e. The quantitative estimate of drug-likeness (QED) is 0.123. The van der Waals surface area contributed by atoms with Crippen molar-refractivity contribution in [2.75, 3.05) is 11.4 Å². The van der Waals surface area contributed by atoms with Crippen LogP contribution in [0.3, 0.4) is 0 Å². The van der Waals surface area contributed by atoms with Crippen molar-refractivity contribution in [2.45, 2.75) is 126 Å². The van der Waals surface area contributed by atoms with Gasteiger partial charge in [-0.1, -0.05) is 174 Å². The zero-order valence-electron chi connectivity index (χ0n) is 44.4. The van der Waals surface area contributed by atoms with Crippen molar-refractivity contribution in [2.24, 2.45) is 17.3 Å². The second-order valence-corrected chi connectivity index (χ2v) is 20.1. The van der Waals surface area contributed by atoms with Gasteiger partial charge in [0.05, 0.1) is 9.80 Å². The highest BCUT2D eigenvalue weighted by Crippen LogP contribution is 2.49. The topological polar surface area (TPSA) is 6.48 Å². The SMILES string of the molecule is [2H]C\C([2H])=C([2H])/C(C(=C/C=C)/C(=C)N1/C=C/C(=C\C=C)N(C/C=C\C(=C/C)C(C)(C)CCC(C)C)c2c(sc3cc4c(cc23)C(C)(C)CCC4(C)C)[B]/C=C1/C=C\C(=C)C(C)C)=C(/[2H])C[2H]. The Hall–Kier alpha value is -4.54. The van der Waals surface area contributed by atoms with Crippen LogP contribution in [0, 0.1) is 17.3 Å². The van der Waals surface area contributed by atoms with Crippen LogP contribution in [0.4, 0.5) is 5.69 Å². The highest BCUT2D eigenvalue weighted by molar-refractivity contribution is 7.28. The molecule has 1 aliphatic heterocycles. The van der Waals surface area contributed by atoms with Gasteiger partial charge in [-0.3, -0.25) is 0 Å². The van der Waals surface area contributed by atoms with Crippen LogP contribution in [-0.4, -0.2) is 18.7 Å². The lowest BCUT2D eigenvalue weighted by molar-refractivity contribution is 0.332. The van der Waals surface area contributed by atoms with Crippen molar-refractivity contribution in [3.8, 4) is 0 Å². The first kappa shape index (κ1) is 41.8. The molecule has 1 aromatic heterocycles. The maximum absolute atomic E-state index is 8.99. The van der Waals surface area contributed by atoms with E-state index in [1.165, 1.54) is 26.8 Å². The van der Waals surface area contributed by atoms with Crippen LogP contribution in [0.2, 0.25) is 0 Å². The van der Waals surface area contributed by atoms with E-state index in [-0.39, 0.29) is 45.9 Å². The lowest BCUT2D eigenvalue weighted by Crippen LogP contribution is -2.33. The Labute approximate surface area is 384 Å². The monoisotopic (exact) mass is 837 g/mol. The second-order valence-electron chi connectivity index (χ2n) is 19.0. The van der Waals surface area contributed by atoms with E-state index in [2.05, 4.69) is 157 Å². The number of hydrogen-bond acceptors (Lipinski definition) is 3. The first-order valence-corrected chi connectivity index (χ1v) is 22.7. The van der Waals surface area contributed by atoms with Crippen molar-refractivity contribution in [1.82, 2.24) is 4.90 Å². The van der Waals surface area contributed by atoms with E-state index in [4.69, 9.17) is 6.85 Å². The molecule has 2 nitrogen and oxygen atoms in total. The number of hydrogen-bond donors (Lipinski definition) is 0. The van der Waals surface area contributed by atoms with Gasteiger partial charge in [0.15, 0.2) is 0 Å². The van der Waals surface area contributed by atoms with Crippen molar-refractivity contribution >= 4 is 39.2 Å². The molecule has 0 atom stereocenters. The summed E-state index contributed by atoms with van der Waals surface area (Å²) in [6.45, 7) is 41.9. The molecule has 323 valence electrons. The van der Waals surface area contributed by atoms with Crippen molar-refractivity contribution in [3.63, 3.8) is 0 Å². The van der Waals surface area contributed by atoms with E-state index in [0.717, 1.165) is 53.1 Å². The summed E-state index contributed by atoms with van der Waals surface area (Å²) in [5.74, 6) is 2.91. The number of rotatable bonds is 16. The number of fused-ring (bicyclic) bond motifs is 4. The van der Waals surface area contributed by atoms with E-state index in [9.17, 15) is 0 Å². The lowest BCUT2D eigenvalue weighted by Gasteiger charge is -2.42. The molecule has 0 bridgehead atoms. The van der Waals surface area contributed by atoms with Gasteiger partial charge in [0.1, 0.15) is 0 Å². The van der Waals surface area contributed by atoms with Crippen LogP contribution in [-0.2, 0) is 10.8 Å². The predicted octanol–water partition coefficient (Wildman–Crippen LogP) is 16.0. The maximum Gasteiger partial charge on any atom is 0.200 e. The largest absolute Gasteiger partial charge is 0.337 e. The molecule has 1 aliphatic carbocycles. The van der Waals surface area contributed by atoms with Gasteiger partial charge < -0.3 is 9.80 Å².